The van der Waals surface area contributed by atoms with Crippen molar-refractivity contribution >= 4 is 62.3 Å². The van der Waals surface area contributed by atoms with Gasteiger partial charge in [-0.1, -0.05) is 35.3 Å². The number of hydrogen-bond acceptors (Lipinski definition) is 3. The summed E-state index contributed by atoms with van der Waals surface area (Å²) < 4.78 is 0.692. The van der Waals surface area contributed by atoms with E-state index in [9.17, 15) is 9.59 Å². The van der Waals surface area contributed by atoms with Crippen LogP contribution in [0.3, 0.4) is 0 Å². The van der Waals surface area contributed by atoms with Gasteiger partial charge in [-0.25, -0.2) is 4.90 Å². The molecule has 0 saturated carbocycles. The van der Waals surface area contributed by atoms with Gasteiger partial charge >= 0.3 is 0 Å². The van der Waals surface area contributed by atoms with Crippen LogP contribution in [0.5, 0.6) is 0 Å². The Hall–Kier alpha value is -1.56. The summed E-state index contributed by atoms with van der Waals surface area (Å²) in [6.45, 7) is 0. The average Bonchev–Trinajstić information content (AvgIpc) is 2.78. The van der Waals surface area contributed by atoms with Crippen molar-refractivity contribution in [1.82, 2.24) is 0 Å². The molecule has 0 radical (unpaired) electrons. The highest BCUT2D eigenvalue weighted by molar-refractivity contribution is 9.10. The first kappa shape index (κ1) is 16.3. The van der Waals surface area contributed by atoms with Crippen molar-refractivity contribution in [3.8, 4) is 0 Å². The minimum Gasteiger partial charge on any atom is -0.373 e. The maximum atomic E-state index is 12.6. The molecule has 118 valence electrons. The zero-order valence-corrected chi connectivity index (χ0v) is 14.8. The van der Waals surface area contributed by atoms with Crippen LogP contribution in [0.2, 0.25) is 10.0 Å². The van der Waals surface area contributed by atoms with Crippen LogP contribution in [0, 0.1) is 0 Å². The topological polar surface area (TPSA) is 49.4 Å². The van der Waals surface area contributed by atoms with Gasteiger partial charge in [0.05, 0.1) is 22.2 Å². The van der Waals surface area contributed by atoms with Crippen molar-refractivity contribution in [2.75, 3.05) is 10.2 Å². The molecule has 1 aliphatic rings. The van der Waals surface area contributed by atoms with Gasteiger partial charge in [0.25, 0.3) is 5.91 Å². The van der Waals surface area contributed by atoms with Crippen molar-refractivity contribution in [1.29, 1.82) is 0 Å². The van der Waals surface area contributed by atoms with E-state index in [4.69, 9.17) is 23.2 Å². The number of anilines is 2. The third-order valence-electron chi connectivity index (χ3n) is 3.50. The Balaban J connectivity index is 1.84. The lowest BCUT2D eigenvalue weighted by molar-refractivity contribution is -0.121. The summed E-state index contributed by atoms with van der Waals surface area (Å²) in [6.07, 6.45) is 0.0837. The number of rotatable bonds is 3. The van der Waals surface area contributed by atoms with E-state index in [2.05, 4.69) is 21.2 Å². The standard InChI is InChI=1S/C16H11BrCl2N2O2/c17-10-3-1-2-4-14(10)21-15(22)8-13(16(21)23)20-9-5-6-11(18)12(19)7-9/h1-7,13,20H,8H2/t13-/m0/s1. The van der Waals surface area contributed by atoms with E-state index in [1.54, 1.807) is 36.4 Å². The first-order valence-electron chi connectivity index (χ1n) is 6.80. The third kappa shape index (κ3) is 3.22. The Morgan fingerprint density at radius 1 is 1.09 bits per heavy atom. The normalized spacial score (nSPS) is 17.7. The predicted molar refractivity (Wildman–Crippen MR) is 95.1 cm³/mol. The first-order chi connectivity index (χ1) is 11.0. The Morgan fingerprint density at radius 2 is 1.83 bits per heavy atom. The van der Waals surface area contributed by atoms with Gasteiger partial charge in [0.2, 0.25) is 5.91 Å². The van der Waals surface area contributed by atoms with E-state index in [1.165, 1.54) is 4.90 Å². The molecule has 1 fully saturated rings. The minimum absolute atomic E-state index is 0.0837. The van der Waals surface area contributed by atoms with Crippen molar-refractivity contribution < 1.29 is 9.59 Å². The van der Waals surface area contributed by atoms with Crippen LogP contribution in [0.4, 0.5) is 11.4 Å². The average molecular weight is 414 g/mol. The molecule has 1 atom stereocenters. The molecule has 1 aliphatic heterocycles. The van der Waals surface area contributed by atoms with E-state index in [0.717, 1.165) is 0 Å². The number of halogens is 3. The minimum atomic E-state index is -0.633. The molecular formula is C16H11BrCl2N2O2. The van der Waals surface area contributed by atoms with Gasteiger partial charge in [-0.2, -0.15) is 0 Å². The maximum Gasteiger partial charge on any atom is 0.256 e. The molecule has 0 bridgehead atoms. The van der Waals surface area contributed by atoms with E-state index < -0.39 is 6.04 Å². The zero-order valence-electron chi connectivity index (χ0n) is 11.7. The zero-order chi connectivity index (χ0) is 16.6. The predicted octanol–water partition coefficient (Wildman–Crippen LogP) is 4.50. The second kappa shape index (κ2) is 6.51. The van der Waals surface area contributed by atoms with Crippen LogP contribution in [-0.2, 0) is 9.59 Å². The second-order valence-electron chi connectivity index (χ2n) is 5.05. The van der Waals surface area contributed by atoms with Gasteiger partial charge in [0.15, 0.2) is 0 Å². The number of hydrogen-bond donors (Lipinski definition) is 1. The molecule has 2 amide bonds. The molecule has 0 unspecified atom stereocenters. The molecule has 0 aromatic heterocycles. The lowest BCUT2D eigenvalue weighted by atomic mass is 10.2. The molecular weight excluding hydrogens is 403 g/mol. The highest BCUT2D eigenvalue weighted by Crippen LogP contribution is 2.32. The number of nitrogens with zero attached hydrogens (tertiary/aromatic N) is 1. The van der Waals surface area contributed by atoms with Crippen LogP contribution in [0.25, 0.3) is 0 Å². The smallest absolute Gasteiger partial charge is 0.256 e. The molecule has 0 spiro atoms. The molecule has 2 aromatic rings. The molecule has 7 heteroatoms. The summed E-state index contributed by atoms with van der Waals surface area (Å²) in [6, 6.07) is 11.5. The van der Waals surface area contributed by atoms with Crippen molar-refractivity contribution in [3.63, 3.8) is 0 Å². The largest absolute Gasteiger partial charge is 0.373 e. The van der Waals surface area contributed by atoms with Crippen molar-refractivity contribution in [2.45, 2.75) is 12.5 Å². The second-order valence-corrected chi connectivity index (χ2v) is 6.72. The highest BCUT2D eigenvalue weighted by Gasteiger charge is 2.40. The number of imide groups is 1. The van der Waals surface area contributed by atoms with Gasteiger partial charge in [0.1, 0.15) is 6.04 Å². The number of para-hydroxylation sites is 1. The molecule has 0 aliphatic carbocycles. The monoisotopic (exact) mass is 412 g/mol. The van der Waals surface area contributed by atoms with Gasteiger partial charge in [0, 0.05) is 10.2 Å². The Labute approximate surface area is 151 Å². The molecule has 23 heavy (non-hydrogen) atoms. The summed E-state index contributed by atoms with van der Waals surface area (Å²) in [4.78, 5) is 26.0. The number of nitrogens with one attached hydrogen (secondary N) is 1. The molecule has 1 saturated heterocycles. The van der Waals surface area contributed by atoms with Gasteiger partial charge < -0.3 is 5.32 Å². The maximum absolute atomic E-state index is 12.6. The number of amides is 2. The van der Waals surface area contributed by atoms with E-state index >= 15 is 0 Å². The summed E-state index contributed by atoms with van der Waals surface area (Å²) in [7, 11) is 0. The molecule has 4 nitrogen and oxygen atoms in total. The van der Waals surface area contributed by atoms with E-state index in [-0.39, 0.29) is 18.2 Å². The van der Waals surface area contributed by atoms with Gasteiger partial charge in [-0.3, -0.25) is 9.59 Å². The van der Waals surface area contributed by atoms with Crippen LogP contribution in [0.15, 0.2) is 46.9 Å². The van der Waals surface area contributed by atoms with Crippen LogP contribution >= 0.6 is 39.1 Å². The fraction of sp³-hybridized carbons (Fsp3) is 0.125. The summed E-state index contributed by atoms with van der Waals surface area (Å²) in [5.41, 5.74) is 1.18. The quantitative estimate of drug-likeness (QED) is 0.753. The number of benzene rings is 2. The van der Waals surface area contributed by atoms with Crippen LogP contribution < -0.4 is 10.2 Å². The van der Waals surface area contributed by atoms with Crippen LogP contribution in [-0.4, -0.2) is 17.9 Å². The van der Waals surface area contributed by atoms with Crippen LogP contribution in [0.1, 0.15) is 6.42 Å². The highest BCUT2D eigenvalue weighted by atomic mass is 79.9. The SMILES string of the molecule is O=C1C[C@H](Nc2ccc(Cl)c(Cl)c2)C(=O)N1c1ccccc1Br. The third-order valence-corrected chi connectivity index (χ3v) is 4.91. The number of carbonyl (C=O) groups excluding carboxylic acids is 2. The van der Waals surface area contributed by atoms with E-state index in [0.29, 0.717) is 25.9 Å². The Morgan fingerprint density at radius 3 is 2.52 bits per heavy atom. The molecule has 2 aromatic carbocycles. The number of carbonyl (C=O) groups is 2. The lowest BCUT2D eigenvalue weighted by Gasteiger charge is -2.17. The summed E-state index contributed by atoms with van der Waals surface area (Å²) >= 11 is 15.2. The Kier molecular flexibility index (Phi) is 4.62. The molecule has 1 N–H and O–H groups in total. The molecule has 3 rings (SSSR count). The van der Waals surface area contributed by atoms with Gasteiger partial charge in [-0.15, -0.1) is 0 Å². The fourth-order valence-electron chi connectivity index (χ4n) is 2.42. The summed E-state index contributed by atoms with van der Waals surface area (Å²) in [5.74, 6) is -0.549. The van der Waals surface area contributed by atoms with Crippen molar-refractivity contribution in [2.24, 2.45) is 0 Å². The molecule has 1 heterocycles. The lowest BCUT2D eigenvalue weighted by Crippen LogP contribution is -2.35. The summed E-state index contributed by atoms with van der Waals surface area (Å²) in [5, 5.41) is 3.85. The Bertz CT molecular complexity index is 797. The first-order valence-corrected chi connectivity index (χ1v) is 8.35. The van der Waals surface area contributed by atoms with Crippen molar-refractivity contribution in [3.05, 3.63) is 57.0 Å². The van der Waals surface area contributed by atoms with E-state index in [1.807, 2.05) is 6.07 Å². The van der Waals surface area contributed by atoms with Gasteiger partial charge in [-0.05, 0) is 46.3 Å². The fourth-order valence-corrected chi connectivity index (χ4v) is 3.18.